The number of thioether (sulfide) groups is 1. The van der Waals surface area contributed by atoms with Gasteiger partial charge in [-0.2, -0.15) is 11.8 Å². The van der Waals surface area contributed by atoms with Crippen LogP contribution in [0.5, 0.6) is 5.75 Å². The summed E-state index contributed by atoms with van der Waals surface area (Å²) in [6.45, 7) is 3.18. The maximum atomic E-state index is 14.0. The summed E-state index contributed by atoms with van der Waals surface area (Å²) >= 11 is 3.25. The lowest BCUT2D eigenvalue weighted by molar-refractivity contribution is -0.143. The Morgan fingerprint density at radius 2 is 1.08 bits per heavy atom. The van der Waals surface area contributed by atoms with Gasteiger partial charge in [-0.3, -0.25) is 53.3 Å². The summed E-state index contributed by atoms with van der Waals surface area (Å²) in [5, 5.41) is 49.0. The van der Waals surface area contributed by atoms with Crippen molar-refractivity contribution in [2.75, 3.05) is 25.6 Å². The van der Waals surface area contributed by atoms with E-state index in [2.05, 4.69) is 42.5 Å². The number of halogens is 1. The summed E-state index contributed by atoms with van der Waals surface area (Å²) in [5.74, 6) is -9.90. The molecule has 72 heavy (non-hydrogen) atoms. The van der Waals surface area contributed by atoms with Crippen molar-refractivity contribution in [3.05, 3.63) is 99.1 Å². The molecular formula is C49H63IN8O13S. The van der Waals surface area contributed by atoms with Crippen molar-refractivity contribution < 1.29 is 63.3 Å². The molecule has 21 nitrogen and oxygen atoms in total. The van der Waals surface area contributed by atoms with Crippen LogP contribution in [-0.4, -0.2) is 136 Å². The molecule has 0 radical (unpaired) electrons. The Hall–Kier alpha value is -6.60. The van der Waals surface area contributed by atoms with Crippen LogP contribution in [-0.2, 0) is 67.2 Å². The maximum absolute atomic E-state index is 14.0. The highest BCUT2D eigenvalue weighted by Crippen LogP contribution is 2.21. The lowest BCUT2D eigenvalue weighted by atomic mass is 10.0. The minimum atomic E-state index is -1.92. The summed E-state index contributed by atoms with van der Waals surface area (Å²) < 4.78 is 0.527. The van der Waals surface area contributed by atoms with E-state index < -0.39 is 115 Å². The minimum Gasteiger partial charge on any atom is -0.507 e. The van der Waals surface area contributed by atoms with Crippen molar-refractivity contribution in [1.29, 1.82) is 0 Å². The second-order valence-electron chi connectivity index (χ2n) is 17.1. The number of carboxylic acid groups (broad SMARTS) is 2. The predicted octanol–water partition coefficient (Wildman–Crippen LogP) is 0.934. The number of carbonyl (C=O) groups excluding carboxylic acids is 8. The van der Waals surface area contributed by atoms with Gasteiger partial charge in [-0.15, -0.1) is 0 Å². The molecule has 0 spiro atoms. The van der Waals surface area contributed by atoms with Gasteiger partial charge in [-0.25, -0.2) is 0 Å². The van der Waals surface area contributed by atoms with Crippen LogP contribution in [0.1, 0.15) is 62.6 Å². The number of nitrogens with one attached hydrogen (secondary N) is 8. The Morgan fingerprint density at radius 3 is 1.61 bits per heavy atom. The summed E-state index contributed by atoms with van der Waals surface area (Å²) in [6, 6.07) is 13.7. The SMILES string of the molecule is CN[C@@H](Cc1ccccc1)C(=O)NCC(=O)N[C@@H](CC(C)C)C(=O)N[C@@H](CCSC)C(=O)NC(=O)[C@H](Cc1ccccc1)NC(=O)[C@H](CC(=O)O)NC(=O)[C@H](CC(=O)O)NC(=O)CCc1ccc(O)c([125I])c1. The first-order valence-electron chi connectivity index (χ1n) is 23.0. The van der Waals surface area contributed by atoms with E-state index in [9.17, 15) is 63.3 Å². The van der Waals surface area contributed by atoms with Crippen LogP contribution >= 0.6 is 34.4 Å². The summed E-state index contributed by atoms with van der Waals surface area (Å²) in [5.41, 5.74) is 2.05. The number of aliphatic carboxylic acids is 2. The number of likely N-dealkylation sites (N-methyl/N-ethyl adjacent to an activating group) is 1. The third-order valence-electron chi connectivity index (χ3n) is 10.8. The number of imide groups is 1. The van der Waals surface area contributed by atoms with Gasteiger partial charge >= 0.3 is 11.9 Å². The zero-order chi connectivity index (χ0) is 53.3. The van der Waals surface area contributed by atoms with E-state index in [1.54, 1.807) is 55.8 Å². The van der Waals surface area contributed by atoms with Gasteiger partial charge in [0.2, 0.25) is 47.3 Å². The van der Waals surface area contributed by atoms with E-state index in [-0.39, 0.29) is 43.8 Å². The highest BCUT2D eigenvalue weighted by Gasteiger charge is 2.34. The molecule has 0 heterocycles. The van der Waals surface area contributed by atoms with Crippen LogP contribution in [0.4, 0.5) is 0 Å². The van der Waals surface area contributed by atoms with Crippen LogP contribution in [0.25, 0.3) is 0 Å². The molecule has 0 fully saturated rings. The molecule has 0 aliphatic carbocycles. The van der Waals surface area contributed by atoms with Gasteiger partial charge in [0.1, 0.15) is 36.0 Å². The molecule has 11 N–H and O–H groups in total. The number of rotatable bonds is 30. The molecule has 3 rings (SSSR count). The topological polar surface area (TPSA) is 328 Å². The van der Waals surface area contributed by atoms with Crippen LogP contribution in [0, 0.1) is 9.49 Å². The fourth-order valence-corrected chi connectivity index (χ4v) is 8.14. The molecule has 0 aromatic heterocycles. The Balaban J connectivity index is 1.77. The summed E-state index contributed by atoms with van der Waals surface area (Å²) in [7, 11) is 1.62. The molecule has 0 unspecified atom stereocenters. The fourth-order valence-electron chi connectivity index (χ4n) is 7.09. The molecule has 0 aliphatic heterocycles. The highest BCUT2D eigenvalue weighted by atomic mass is 125. The molecule has 390 valence electrons. The van der Waals surface area contributed by atoms with Crippen LogP contribution in [0.3, 0.4) is 0 Å². The number of aromatic hydroxyl groups is 1. The molecule has 23 heteroatoms. The second kappa shape index (κ2) is 31.0. The molecule has 0 aliphatic rings. The molecule has 0 bridgehead atoms. The van der Waals surface area contributed by atoms with Crippen molar-refractivity contribution in [2.45, 2.75) is 101 Å². The number of phenols is 1. The molecule has 8 amide bonds. The van der Waals surface area contributed by atoms with Gasteiger partial charge in [0.25, 0.3) is 0 Å². The normalized spacial score (nSPS) is 13.4. The minimum absolute atomic E-state index is 0.0178. The van der Waals surface area contributed by atoms with E-state index in [4.69, 9.17) is 0 Å². The Morgan fingerprint density at radius 1 is 0.583 bits per heavy atom. The third-order valence-corrected chi connectivity index (χ3v) is 12.3. The van der Waals surface area contributed by atoms with Crippen molar-refractivity contribution in [3.63, 3.8) is 0 Å². The monoisotopic (exact) mass is 1130 g/mol. The number of hydrogen-bond donors (Lipinski definition) is 11. The van der Waals surface area contributed by atoms with E-state index in [1.807, 2.05) is 66.8 Å². The zero-order valence-electron chi connectivity index (χ0n) is 40.3. The van der Waals surface area contributed by atoms with Gasteiger partial charge < -0.3 is 52.5 Å². The quantitative estimate of drug-likeness (QED) is 0.0414. The van der Waals surface area contributed by atoms with Crippen LogP contribution in [0.15, 0.2) is 78.9 Å². The summed E-state index contributed by atoms with van der Waals surface area (Å²) in [4.78, 5) is 132. The molecule has 3 aromatic carbocycles. The average molecular weight is 1130 g/mol. The average Bonchev–Trinajstić information content (AvgIpc) is 3.33. The molecule has 6 atom stereocenters. The molecule has 3 aromatic rings. The fraction of sp³-hybridized carbons (Fsp3) is 0.429. The number of benzene rings is 3. The first kappa shape index (κ1) is 59.7. The Labute approximate surface area is 435 Å². The van der Waals surface area contributed by atoms with E-state index in [0.29, 0.717) is 26.9 Å². The molecule has 0 saturated heterocycles. The maximum Gasteiger partial charge on any atom is 0.305 e. The number of hydrogen-bond acceptors (Lipinski definition) is 13. The van der Waals surface area contributed by atoms with Crippen LogP contribution < -0.4 is 42.5 Å². The van der Waals surface area contributed by atoms with Gasteiger partial charge in [0, 0.05) is 12.8 Å². The van der Waals surface area contributed by atoms with E-state index in [1.165, 1.54) is 17.8 Å². The van der Waals surface area contributed by atoms with Gasteiger partial charge in [0.15, 0.2) is 0 Å². The van der Waals surface area contributed by atoms with E-state index >= 15 is 0 Å². The number of aryl methyl sites for hydroxylation is 1. The van der Waals surface area contributed by atoms with E-state index in [0.717, 1.165) is 5.56 Å². The third kappa shape index (κ3) is 21.8. The number of carbonyl (C=O) groups is 10. The largest absolute Gasteiger partial charge is 0.507 e. The summed E-state index contributed by atoms with van der Waals surface area (Å²) in [6.07, 6.45) is -0.0211. The second-order valence-corrected chi connectivity index (χ2v) is 19.3. The van der Waals surface area contributed by atoms with Gasteiger partial charge in [-0.1, -0.05) is 80.6 Å². The van der Waals surface area contributed by atoms with Crippen molar-refractivity contribution in [2.24, 2.45) is 5.92 Å². The smallest absolute Gasteiger partial charge is 0.305 e. The lowest BCUT2D eigenvalue weighted by Crippen LogP contribution is -2.60. The first-order valence-corrected chi connectivity index (χ1v) is 25.4. The number of phenolic OH excluding ortho intramolecular Hbond substituents is 1. The number of carboxylic acids is 2. The first-order chi connectivity index (χ1) is 34.2. The molecule has 0 saturated carbocycles. The highest BCUT2D eigenvalue weighted by molar-refractivity contribution is 14.1. The lowest BCUT2D eigenvalue weighted by Gasteiger charge is -2.26. The number of amides is 8. The van der Waals surface area contributed by atoms with Crippen molar-refractivity contribution >= 4 is 93.5 Å². The van der Waals surface area contributed by atoms with Gasteiger partial charge in [-0.05, 0) is 102 Å². The van der Waals surface area contributed by atoms with Crippen molar-refractivity contribution in [3.8, 4) is 5.75 Å². The zero-order valence-corrected chi connectivity index (χ0v) is 43.3. The molecular weight excluding hydrogens is 1070 g/mol. The predicted molar refractivity (Wildman–Crippen MR) is 275 cm³/mol. The standard InChI is InChI=1S/C49H63IN8O13S/c1-28(2)21-35(54-41(61)27-52-44(66)34(51-3)23-29-11-7-5-8-12-29)46(68)55-33(19-20-72-4)45(67)58-49(71)36(24-30-13-9-6-10-14-30)56-48(70)38(26-43(64)65)57-47(69)37(25-42(62)63)53-40(60)18-16-31-15-17-39(59)32(50)22-31/h5-15,17,22,28,33-38,51,59H,16,18-21,23-27H2,1-4H3,(H,52,66)(H,53,60)(H,54,61)(H,55,68)(H,56,70)(H,57,69)(H,62,63)(H,64,65)(H,58,67,71)/t33-,34-,35-,36-,37-,38-/m0/s1/i50-2. The Bertz CT molecular complexity index is 2360. The van der Waals surface area contributed by atoms with Crippen molar-refractivity contribution in [1.82, 2.24) is 42.5 Å². The van der Waals surface area contributed by atoms with Crippen LogP contribution in [0.2, 0.25) is 0 Å². The van der Waals surface area contributed by atoms with Gasteiger partial charge in [0.05, 0.1) is 29.0 Å². The Kier molecular flexibility index (Phi) is 25.7.